The Morgan fingerprint density at radius 1 is 1.00 bits per heavy atom. The molecule has 3 aromatic rings. The van der Waals surface area contributed by atoms with Crippen LogP contribution in [0.1, 0.15) is 5.69 Å². The van der Waals surface area contributed by atoms with Gasteiger partial charge in [-0.05, 0) is 49.4 Å². The number of nitrogens with zero attached hydrogens (tertiary/aromatic N) is 6. The molecular weight excluding hydrogens is 392 g/mol. The normalized spacial score (nSPS) is 14.1. The number of ether oxygens (including phenoxy) is 1. The van der Waals surface area contributed by atoms with Crippen molar-refractivity contribution in [2.45, 2.75) is 6.92 Å². The summed E-state index contributed by atoms with van der Waals surface area (Å²) in [7, 11) is 0. The molecule has 1 aliphatic heterocycles. The topological polar surface area (TPSA) is 76.4 Å². The summed E-state index contributed by atoms with van der Waals surface area (Å²) in [6, 6.07) is 12.7. The number of benzene rings is 1. The van der Waals surface area contributed by atoms with Crippen LogP contribution in [0, 0.1) is 6.92 Å². The molecule has 4 rings (SSSR count). The van der Waals surface area contributed by atoms with Gasteiger partial charge in [0.05, 0.1) is 5.69 Å². The van der Waals surface area contributed by atoms with Crippen LogP contribution in [0.4, 0.5) is 5.82 Å². The van der Waals surface area contributed by atoms with Crippen LogP contribution in [0.15, 0.2) is 48.7 Å². The van der Waals surface area contributed by atoms with E-state index >= 15 is 0 Å². The Hall–Kier alpha value is -3.13. The van der Waals surface area contributed by atoms with Gasteiger partial charge >= 0.3 is 0 Å². The number of aromatic nitrogens is 4. The van der Waals surface area contributed by atoms with E-state index in [0.29, 0.717) is 42.8 Å². The zero-order valence-electron chi connectivity index (χ0n) is 16.0. The number of anilines is 1. The average molecular weight is 413 g/mol. The molecule has 1 fully saturated rings. The summed E-state index contributed by atoms with van der Waals surface area (Å²) >= 11 is 5.85. The van der Waals surface area contributed by atoms with Crippen LogP contribution in [0.25, 0.3) is 5.82 Å². The number of halogens is 1. The third-order valence-corrected chi connectivity index (χ3v) is 4.98. The highest BCUT2D eigenvalue weighted by Gasteiger charge is 2.22. The Labute approximate surface area is 173 Å². The lowest BCUT2D eigenvalue weighted by atomic mass is 10.3. The fourth-order valence-corrected chi connectivity index (χ4v) is 3.23. The number of hydrogen-bond acceptors (Lipinski definition) is 6. The number of piperazine rings is 1. The first-order valence-electron chi connectivity index (χ1n) is 9.36. The van der Waals surface area contributed by atoms with Gasteiger partial charge in [0.1, 0.15) is 5.75 Å². The van der Waals surface area contributed by atoms with Crippen molar-refractivity contribution in [1.82, 2.24) is 24.9 Å². The molecule has 3 heterocycles. The number of amides is 1. The third kappa shape index (κ3) is 4.65. The summed E-state index contributed by atoms with van der Waals surface area (Å²) in [5.41, 5.74) is 0.928. The lowest BCUT2D eigenvalue weighted by molar-refractivity contribution is -0.133. The van der Waals surface area contributed by atoms with Crippen LogP contribution in [-0.4, -0.2) is 63.6 Å². The third-order valence-electron chi connectivity index (χ3n) is 4.73. The molecule has 0 aliphatic carbocycles. The minimum absolute atomic E-state index is 0.0133. The monoisotopic (exact) mass is 412 g/mol. The molecule has 0 radical (unpaired) electrons. The van der Waals surface area contributed by atoms with E-state index in [-0.39, 0.29) is 12.5 Å². The van der Waals surface area contributed by atoms with Crippen molar-refractivity contribution >= 4 is 23.3 Å². The van der Waals surface area contributed by atoms with Gasteiger partial charge < -0.3 is 14.5 Å². The van der Waals surface area contributed by atoms with E-state index in [1.807, 2.05) is 31.3 Å². The molecular formula is C20H21ClN6O2. The van der Waals surface area contributed by atoms with Crippen LogP contribution in [0.5, 0.6) is 5.75 Å². The molecule has 1 aliphatic rings. The highest BCUT2D eigenvalue weighted by Crippen LogP contribution is 2.17. The van der Waals surface area contributed by atoms with E-state index in [4.69, 9.17) is 16.3 Å². The maximum Gasteiger partial charge on any atom is 0.260 e. The van der Waals surface area contributed by atoms with E-state index in [1.54, 1.807) is 33.8 Å². The summed E-state index contributed by atoms with van der Waals surface area (Å²) in [4.78, 5) is 16.3. The van der Waals surface area contributed by atoms with Crippen LogP contribution in [0.3, 0.4) is 0 Å². The van der Waals surface area contributed by atoms with E-state index in [2.05, 4.69) is 20.2 Å². The molecule has 0 bridgehead atoms. The van der Waals surface area contributed by atoms with Crippen LogP contribution >= 0.6 is 11.6 Å². The highest BCUT2D eigenvalue weighted by atomic mass is 35.5. The minimum Gasteiger partial charge on any atom is -0.484 e. The fourth-order valence-electron chi connectivity index (χ4n) is 3.10. The van der Waals surface area contributed by atoms with Crippen LogP contribution < -0.4 is 9.64 Å². The number of carbonyl (C=O) groups excluding carboxylic acids is 1. The van der Waals surface area contributed by atoms with Crippen molar-refractivity contribution in [3.63, 3.8) is 0 Å². The summed E-state index contributed by atoms with van der Waals surface area (Å²) in [5.74, 6) is 2.07. The molecule has 0 N–H and O–H groups in total. The molecule has 150 valence electrons. The molecule has 29 heavy (non-hydrogen) atoms. The molecule has 0 atom stereocenters. The zero-order valence-corrected chi connectivity index (χ0v) is 16.8. The van der Waals surface area contributed by atoms with Gasteiger partial charge in [0.15, 0.2) is 18.2 Å². The highest BCUT2D eigenvalue weighted by molar-refractivity contribution is 6.30. The molecule has 2 aromatic heterocycles. The molecule has 0 spiro atoms. The van der Waals surface area contributed by atoms with Crippen molar-refractivity contribution < 1.29 is 9.53 Å². The van der Waals surface area contributed by atoms with Gasteiger partial charge in [0.2, 0.25) is 0 Å². The number of hydrogen-bond donors (Lipinski definition) is 0. The first-order valence-corrected chi connectivity index (χ1v) is 9.74. The van der Waals surface area contributed by atoms with Gasteiger partial charge in [0.25, 0.3) is 5.91 Å². The summed E-state index contributed by atoms with van der Waals surface area (Å²) in [5, 5.41) is 13.5. The number of carbonyl (C=O) groups is 1. The summed E-state index contributed by atoms with van der Waals surface area (Å²) in [6.45, 7) is 4.57. The van der Waals surface area contributed by atoms with Crippen molar-refractivity contribution in [2.24, 2.45) is 0 Å². The first-order chi connectivity index (χ1) is 14.1. The van der Waals surface area contributed by atoms with Gasteiger partial charge in [-0.3, -0.25) is 4.79 Å². The Bertz CT molecular complexity index is 965. The van der Waals surface area contributed by atoms with Gasteiger partial charge in [-0.15, -0.1) is 10.2 Å². The van der Waals surface area contributed by atoms with Crippen LogP contribution in [0.2, 0.25) is 5.02 Å². The van der Waals surface area contributed by atoms with Gasteiger partial charge in [-0.2, -0.15) is 5.10 Å². The Morgan fingerprint density at radius 3 is 2.31 bits per heavy atom. The van der Waals surface area contributed by atoms with Crippen molar-refractivity contribution in [2.75, 3.05) is 37.7 Å². The van der Waals surface area contributed by atoms with Crippen molar-refractivity contribution in [3.05, 3.63) is 59.4 Å². The second kappa shape index (κ2) is 8.48. The van der Waals surface area contributed by atoms with Gasteiger partial charge in [-0.25, -0.2) is 4.68 Å². The minimum atomic E-state index is -0.0323. The van der Waals surface area contributed by atoms with Gasteiger partial charge in [0, 0.05) is 37.4 Å². The molecule has 1 amide bonds. The lowest BCUT2D eigenvalue weighted by Crippen LogP contribution is -2.50. The number of aryl methyl sites for hydroxylation is 1. The van der Waals surface area contributed by atoms with E-state index in [9.17, 15) is 4.79 Å². The first kappa shape index (κ1) is 19.2. The second-order valence-electron chi connectivity index (χ2n) is 6.76. The van der Waals surface area contributed by atoms with E-state index in [0.717, 1.165) is 11.5 Å². The van der Waals surface area contributed by atoms with E-state index in [1.165, 1.54) is 0 Å². The smallest absolute Gasteiger partial charge is 0.260 e. The molecule has 0 unspecified atom stereocenters. The lowest BCUT2D eigenvalue weighted by Gasteiger charge is -2.35. The average Bonchev–Trinajstić information content (AvgIpc) is 3.20. The quantitative estimate of drug-likeness (QED) is 0.640. The molecule has 0 saturated carbocycles. The Kier molecular flexibility index (Phi) is 5.62. The summed E-state index contributed by atoms with van der Waals surface area (Å²) in [6.07, 6.45) is 1.86. The second-order valence-corrected chi connectivity index (χ2v) is 7.20. The number of rotatable bonds is 5. The van der Waals surface area contributed by atoms with E-state index < -0.39 is 0 Å². The fraction of sp³-hybridized carbons (Fsp3) is 0.300. The predicted molar refractivity (Wildman–Crippen MR) is 110 cm³/mol. The van der Waals surface area contributed by atoms with Crippen molar-refractivity contribution in [1.29, 1.82) is 0 Å². The summed E-state index contributed by atoms with van der Waals surface area (Å²) < 4.78 is 7.25. The standard InChI is InChI=1S/C20H21ClN6O2/c1-15-8-9-27(24-15)19-7-6-18(22-23-19)25-10-12-26(13-11-25)20(28)14-29-17-4-2-16(21)3-5-17/h2-9H,10-14H2,1H3. The molecule has 1 saturated heterocycles. The molecule has 1 aromatic carbocycles. The molecule has 8 nitrogen and oxygen atoms in total. The maximum atomic E-state index is 12.4. The maximum absolute atomic E-state index is 12.4. The zero-order chi connectivity index (χ0) is 20.2. The Balaban J connectivity index is 1.28. The SMILES string of the molecule is Cc1ccn(-c2ccc(N3CCN(C(=O)COc4ccc(Cl)cc4)CC3)nn2)n1. The van der Waals surface area contributed by atoms with Gasteiger partial charge in [-0.1, -0.05) is 11.6 Å². The Morgan fingerprint density at radius 2 is 1.69 bits per heavy atom. The van der Waals surface area contributed by atoms with Crippen molar-refractivity contribution in [3.8, 4) is 11.6 Å². The predicted octanol–water partition coefficient (Wildman–Crippen LogP) is 2.35. The van der Waals surface area contributed by atoms with Crippen LogP contribution in [-0.2, 0) is 4.79 Å². The molecule has 9 heteroatoms. The largest absolute Gasteiger partial charge is 0.484 e.